The second-order valence-corrected chi connectivity index (χ2v) is 5.12. The number of nitrogens with zero attached hydrogens (tertiary/aromatic N) is 4. The van der Waals surface area contributed by atoms with Crippen LogP contribution >= 0.6 is 11.8 Å². The van der Waals surface area contributed by atoms with Crippen LogP contribution in [0.5, 0.6) is 0 Å². The molecular weight excluding hydrogens is 284 g/mol. The summed E-state index contributed by atoms with van der Waals surface area (Å²) in [6, 6.07) is 0. The third-order valence-electron chi connectivity index (χ3n) is 2.95. The molecule has 9 heteroatoms. The van der Waals surface area contributed by atoms with Crippen molar-refractivity contribution in [1.29, 1.82) is 0 Å². The first kappa shape index (κ1) is 14.4. The van der Waals surface area contributed by atoms with Crippen molar-refractivity contribution in [2.45, 2.75) is 18.6 Å². The number of carbonyl (C=O) groups is 1. The number of hydrogen-bond acceptors (Lipinski definition) is 6. The highest BCUT2D eigenvalue weighted by atomic mass is 32.2. The number of hydrogen-bond donors (Lipinski definition) is 0. The van der Waals surface area contributed by atoms with E-state index in [2.05, 4.69) is 4.98 Å². The molecule has 2 aromatic heterocycles. The first-order valence-corrected chi connectivity index (χ1v) is 6.86. The van der Waals surface area contributed by atoms with Crippen molar-refractivity contribution >= 4 is 28.9 Å². The molecule has 0 saturated carbocycles. The highest BCUT2D eigenvalue weighted by Crippen LogP contribution is 2.20. The van der Waals surface area contributed by atoms with Gasteiger partial charge in [0, 0.05) is 26.4 Å². The number of fused-ring (bicyclic) bond motifs is 1. The monoisotopic (exact) mass is 297 g/mol. The molecule has 8 nitrogen and oxygen atoms in total. The standard InChI is InChI=1S/C11H14N4O4S/c1-4-15-7-8(12-10(15)20-5-6(16)17)13(2)11(19)14(3)9(7)18/h4-5H2,1-3H3,(H,16,17)/p-1. The maximum atomic E-state index is 12.2. The number of carbonyl (C=O) groups excluding carboxylic acids is 1. The van der Waals surface area contributed by atoms with Gasteiger partial charge < -0.3 is 14.5 Å². The fourth-order valence-electron chi connectivity index (χ4n) is 1.95. The molecule has 0 fully saturated rings. The van der Waals surface area contributed by atoms with E-state index in [1.165, 1.54) is 18.7 Å². The van der Waals surface area contributed by atoms with Crippen molar-refractivity contribution in [2.75, 3.05) is 5.75 Å². The highest BCUT2D eigenvalue weighted by molar-refractivity contribution is 7.99. The number of aliphatic carboxylic acids is 1. The molecule has 0 N–H and O–H groups in total. The fourth-order valence-corrected chi connectivity index (χ4v) is 2.73. The van der Waals surface area contributed by atoms with Gasteiger partial charge in [-0.2, -0.15) is 0 Å². The fraction of sp³-hybridized carbons (Fsp3) is 0.455. The third-order valence-corrected chi connectivity index (χ3v) is 3.90. The van der Waals surface area contributed by atoms with Crippen LogP contribution in [0.4, 0.5) is 0 Å². The number of carboxylic acids is 1. The van der Waals surface area contributed by atoms with Crippen molar-refractivity contribution in [3.8, 4) is 0 Å². The largest absolute Gasteiger partial charge is 0.549 e. The maximum absolute atomic E-state index is 12.2. The Kier molecular flexibility index (Phi) is 3.71. The number of thioether (sulfide) groups is 1. The van der Waals surface area contributed by atoms with Gasteiger partial charge in [0.2, 0.25) is 0 Å². The normalized spacial score (nSPS) is 11.2. The number of rotatable bonds is 4. The summed E-state index contributed by atoms with van der Waals surface area (Å²) in [5.74, 6) is -1.48. The molecule has 0 saturated heterocycles. The van der Waals surface area contributed by atoms with Crippen molar-refractivity contribution in [3.05, 3.63) is 20.8 Å². The molecular formula is C11H13N4O4S-. The lowest BCUT2D eigenvalue weighted by atomic mass is 10.5. The Hall–Kier alpha value is -2.03. The molecule has 0 aliphatic carbocycles. The average Bonchev–Trinajstić information content (AvgIpc) is 2.79. The van der Waals surface area contributed by atoms with Gasteiger partial charge in [0.25, 0.3) is 5.56 Å². The van der Waals surface area contributed by atoms with E-state index in [0.717, 1.165) is 16.3 Å². The second-order valence-electron chi connectivity index (χ2n) is 4.18. The molecule has 108 valence electrons. The Balaban J connectivity index is 2.78. The van der Waals surface area contributed by atoms with Crippen LogP contribution in [0.15, 0.2) is 14.7 Å². The minimum atomic E-state index is -1.22. The van der Waals surface area contributed by atoms with Crippen molar-refractivity contribution in [1.82, 2.24) is 18.7 Å². The summed E-state index contributed by atoms with van der Waals surface area (Å²) in [5, 5.41) is 10.9. The number of imidazole rings is 1. The van der Waals surface area contributed by atoms with Gasteiger partial charge in [0.1, 0.15) is 0 Å². The van der Waals surface area contributed by atoms with E-state index in [4.69, 9.17) is 0 Å². The van der Waals surface area contributed by atoms with E-state index in [0.29, 0.717) is 11.7 Å². The molecule has 0 aliphatic rings. The van der Waals surface area contributed by atoms with Gasteiger partial charge in [-0.3, -0.25) is 13.9 Å². The van der Waals surface area contributed by atoms with Crippen LogP contribution in [0.2, 0.25) is 0 Å². The summed E-state index contributed by atoms with van der Waals surface area (Å²) < 4.78 is 3.88. The van der Waals surface area contributed by atoms with Crippen LogP contribution in [-0.2, 0) is 25.4 Å². The number of aromatic nitrogens is 4. The summed E-state index contributed by atoms with van der Waals surface area (Å²) in [5.41, 5.74) is -0.379. The van der Waals surface area contributed by atoms with E-state index in [9.17, 15) is 19.5 Å². The van der Waals surface area contributed by atoms with E-state index in [1.54, 1.807) is 4.57 Å². The van der Waals surface area contributed by atoms with Crippen molar-refractivity contribution in [3.63, 3.8) is 0 Å². The molecule has 2 rings (SSSR count). The zero-order chi connectivity index (χ0) is 15.0. The topological polar surface area (TPSA) is 102 Å². The lowest BCUT2D eigenvalue weighted by molar-refractivity contribution is -0.301. The molecule has 0 atom stereocenters. The molecule has 0 bridgehead atoms. The maximum Gasteiger partial charge on any atom is 0.332 e. The smallest absolute Gasteiger partial charge is 0.332 e. The molecule has 2 heterocycles. The van der Waals surface area contributed by atoms with Crippen LogP contribution in [-0.4, -0.2) is 30.4 Å². The summed E-state index contributed by atoms with van der Waals surface area (Å²) in [7, 11) is 2.91. The molecule has 0 aromatic carbocycles. The van der Waals surface area contributed by atoms with Crippen LogP contribution < -0.4 is 16.4 Å². The summed E-state index contributed by atoms with van der Waals surface area (Å²) in [4.78, 5) is 38.8. The Labute approximate surface area is 117 Å². The Morgan fingerprint density at radius 2 is 1.95 bits per heavy atom. The quantitative estimate of drug-likeness (QED) is 0.623. The van der Waals surface area contributed by atoms with E-state index >= 15 is 0 Å². The summed E-state index contributed by atoms with van der Waals surface area (Å²) >= 11 is 0.961. The molecule has 0 unspecified atom stereocenters. The van der Waals surface area contributed by atoms with E-state index in [1.807, 2.05) is 6.92 Å². The van der Waals surface area contributed by atoms with Gasteiger partial charge in [-0.1, -0.05) is 11.8 Å². The zero-order valence-electron chi connectivity index (χ0n) is 11.2. The summed E-state index contributed by atoms with van der Waals surface area (Å²) in [6.45, 7) is 2.26. The van der Waals surface area contributed by atoms with Gasteiger partial charge in [-0.25, -0.2) is 9.78 Å². The van der Waals surface area contributed by atoms with Gasteiger partial charge in [-0.05, 0) is 6.92 Å². The first-order valence-electron chi connectivity index (χ1n) is 5.87. The molecule has 2 aromatic rings. The second kappa shape index (κ2) is 5.16. The van der Waals surface area contributed by atoms with Crippen LogP contribution in [0.25, 0.3) is 11.2 Å². The van der Waals surface area contributed by atoms with Gasteiger partial charge in [0.15, 0.2) is 16.3 Å². The van der Waals surface area contributed by atoms with E-state index in [-0.39, 0.29) is 16.9 Å². The van der Waals surface area contributed by atoms with Crippen LogP contribution in [0.1, 0.15) is 6.92 Å². The predicted molar refractivity (Wildman–Crippen MR) is 71.6 cm³/mol. The Morgan fingerprint density at radius 3 is 2.50 bits per heavy atom. The zero-order valence-corrected chi connectivity index (χ0v) is 12.1. The number of carboxylic acid groups (broad SMARTS) is 1. The highest BCUT2D eigenvalue weighted by Gasteiger charge is 2.18. The van der Waals surface area contributed by atoms with Crippen molar-refractivity contribution < 1.29 is 9.90 Å². The van der Waals surface area contributed by atoms with Gasteiger partial charge in [-0.15, -0.1) is 0 Å². The van der Waals surface area contributed by atoms with Crippen LogP contribution in [0.3, 0.4) is 0 Å². The summed E-state index contributed by atoms with van der Waals surface area (Å²) in [6.07, 6.45) is 0. The van der Waals surface area contributed by atoms with Crippen LogP contribution in [0, 0.1) is 0 Å². The number of aryl methyl sites for hydroxylation is 2. The van der Waals surface area contributed by atoms with Gasteiger partial charge in [0.05, 0.1) is 5.97 Å². The molecule has 0 aliphatic heterocycles. The lowest BCUT2D eigenvalue weighted by Crippen LogP contribution is -2.37. The average molecular weight is 297 g/mol. The molecule has 20 heavy (non-hydrogen) atoms. The minimum Gasteiger partial charge on any atom is -0.549 e. The van der Waals surface area contributed by atoms with Crippen molar-refractivity contribution in [2.24, 2.45) is 14.1 Å². The van der Waals surface area contributed by atoms with Gasteiger partial charge >= 0.3 is 5.69 Å². The molecule has 0 spiro atoms. The minimum absolute atomic E-state index is 0.251. The lowest BCUT2D eigenvalue weighted by Gasteiger charge is -2.06. The Morgan fingerprint density at radius 1 is 1.30 bits per heavy atom. The SMILES string of the molecule is CCn1c(SCC(=O)[O-])nc2c1c(=O)n(C)c(=O)n2C. The molecule has 0 amide bonds. The molecule has 0 radical (unpaired) electrons. The first-order chi connectivity index (χ1) is 9.38. The van der Waals surface area contributed by atoms with E-state index < -0.39 is 17.2 Å². The third kappa shape index (κ3) is 2.13. The Bertz CT molecular complexity index is 801. The predicted octanol–water partition coefficient (Wildman–Crippen LogP) is -1.70.